The van der Waals surface area contributed by atoms with Crippen molar-refractivity contribution in [2.45, 2.75) is 58.8 Å². The molecule has 0 aliphatic heterocycles. The van der Waals surface area contributed by atoms with E-state index in [9.17, 15) is 9.59 Å². The first kappa shape index (κ1) is 19.6. The standard InChI is InChI=1S/C22H28N2O2S/c1-13(2)16-8-5-15(6-9-16)7-11-19(25)24-22-20(21(23)26)17-10-4-14(3)12-18(17)27-22/h5-6,8-9,13-14H,4,7,10-12H2,1-3H3,(H2,23,26)(H,24,25). The van der Waals surface area contributed by atoms with Crippen LogP contribution in [0.3, 0.4) is 0 Å². The molecule has 0 fully saturated rings. The Kier molecular flexibility index (Phi) is 6.00. The van der Waals surface area contributed by atoms with E-state index in [4.69, 9.17) is 5.73 Å². The Morgan fingerprint density at radius 2 is 1.96 bits per heavy atom. The minimum atomic E-state index is -0.443. The van der Waals surface area contributed by atoms with Crippen molar-refractivity contribution in [3.63, 3.8) is 0 Å². The summed E-state index contributed by atoms with van der Waals surface area (Å²) in [7, 11) is 0. The maximum Gasteiger partial charge on any atom is 0.251 e. The molecule has 0 saturated carbocycles. The zero-order chi connectivity index (χ0) is 19.6. The summed E-state index contributed by atoms with van der Waals surface area (Å²) in [6.45, 7) is 6.55. The number of nitrogens with one attached hydrogen (secondary N) is 1. The summed E-state index contributed by atoms with van der Waals surface area (Å²) in [6, 6.07) is 8.42. The maximum absolute atomic E-state index is 12.5. The molecule has 5 heteroatoms. The highest BCUT2D eigenvalue weighted by Gasteiger charge is 2.27. The van der Waals surface area contributed by atoms with Gasteiger partial charge in [0.1, 0.15) is 5.00 Å². The number of amides is 2. The fourth-order valence-corrected chi connectivity index (χ4v) is 5.05. The average Bonchev–Trinajstić information content (AvgIpc) is 2.97. The van der Waals surface area contributed by atoms with E-state index in [1.165, 1.54) is 21.8 Å². The van der Waals surface area contributed by atoms with Gasteiger partial charge in [0, 0.05) is 11.3 Å². The Morgan fingerprint density at radius 1 is 1.26 bits per heavy atom. The van der Waals surface area contributed by atoms with E-state index >= 15 is 0 Å². The van der Waals surface area contributed by atoms with E-state index in [0.717, 1.165) is 30.4 Å². The molecule has 0 saturated heterocycles. The summed E-state index contributed by atoms with van der Waals surface area (Å²) in [4.78, 5) is 25.6. The van der Waals surface area contributed by atoms with Gasteiger partial charge in [-0.05, 0) is 54.2 Å². The van der Waals surface area contributed by atoms with Gasteiger partial charge in [-0.1, -0.05) is 45.0 Å². The van der Waals surface area contributed by atoms with Crippen molar-refractivity contribution in [1.82, 2.24) is 0 Å². The van der Waals surface area contributed by atoms with Gasteiger partial charge in [-0.3, -0.25) is 9.59 Å². The minimum absolute atomic E-state index is 0.0721. The largest absolute Gasteiger partial charge is 0.365 e. The van der Waals surface area contributed by atoms with Crippen LogP contribution in [0.1, 0.15) is 71.5 Å². The van der Waals surface area contributed by atoms with E-state index in [0.29, 0.717) is 35.2 Å². The van der Waals surface area contributed by atoms with Gasteiger partial charge in [0.15, 0.2) is 0 Å². The first-order chi connectivity index (χ1) is 12.8. The number of benzene rings is 1. The molecule has 144 valence electrons. The Hall–Kier alpha value is -2.14. The molecule has 3 N–H and O–H groups in total. The molecule has 1 heterocycles. The summed E-state index contributed by atoms with van der Waals surface area (Å²) in [5, 5.41) is 3.57. The van der Waals surface area contributed by atoms with Crippen molar-refractivity contribution in [3.8, 4) is 0 Å². The number of hydrogen-bond acceptors (Lipinski definition) is 3. The Morgan fingerprint density at radius 3 is 2.59 bits per heavy atom. The van der Waals surface area contributed by atoms with Crippen LogP contribution < -0.4 is 11.1 Å². The predicted octanol–water partition coefficient (Wildman–Crippen LogP) is 4.67. The van der Waals surface area contributed by atoms with Crippen LogP contribution in [0.15, 0.2) is 24.3 Å². The molecule has 2 aromatic rings. The number of hydrogen-bond donors (Lipinski definition) is 2. The topological polar surface area (TPSA) is 72.2 Å². The smallest absolute Gasteiger partial charge is 0.251 e. The van der Waals surface area contributed by atoms with E-state index in [1.807, 2.05) is 0 Å². The monoisotopic (exact) mass is 384 g/mol. The number of fused-ring (bicyclic) bond motifs is 1. The van der Waals surface area contributed by atoms with Gasteiger partial charge in [-0.15, -0.1) is 11.3 Å². The molecule has 1 atom stereocenters. The summed E-state index contributed by atoms with van der Waals surface area (Å²) in [5.41, 5.74) is 9.63. The van der Waals surface area contributed by atoms with Crippen molar-refractivity contribution in [2.24, 2.45) is 11.7 Å². The van der Waals surface area contributed by atoms with Crippen molar-refractivity contribution in [2.75, 3.05) is 5.32 Å². The van der Waals surface area contributed by atoms with Crippen LogP contribution in [0.4, 0.5) is 5.00 Å². The second kappa shape index (κ2) is 8.26. The van der Waals surface area contributed by atoms with E-state index in [-0.39, 0.29) is 5.91 Å². The number of primary amides is 1. The summed E-state index contributed by atoms with van der Waals surface area (Å²) in [5.74, 6) is 0.593. The highest BCUT2D eigenvalue weighted by molar-refractivity contribution is 7.17. The van der Waals surface area contributed by atoms with Crippen molar-refractivity contribution >= 4 is 28.2 Å². The summed E-state index contributed by atoms with van der Waals surface area (Å²) < 4.78 is 0. The average molecular weight is 385 g/mol. The van der Waals surface area contributed by atoms with Gasteiger partial charge < -0.3 is 11.1 Å². The zero-order valence-electron chi connectivity index (χ0n) is 16.3. The lowest BCUT2D eigenvalue weighted by Gasteiger charge is -2.18. The van der Waals surface area contributed by atoms with E-state index in [1.54, 1.807) is 0 Å². The molecule has 1 unspecified atom stereocenters. The van der Waals surface area contributed by atoms with Crippen LogP contribution >= 0.6 is 11.3 Å². The molecule has 0 radical (unpaired) electrons. The highest BCUT2D eigenvalue weighted by Crippen LogP contribution is 2.39. The fraction of sp³-hybridized carbons (Fsp3) is 0.455. The van der Waals surface area contributed by atoms with Crippen molar-refractivity contribution in [3.05, 3.63) is 51.4 Å². The first-order valence-electron chi connectivity index (χ1n) is 9.68. The molecule has 0 bridgehead atoms. The van der Waals surface area contributed by atoms with Gasteiger partial charge >= 0.3 is 0 Å². The number of aryl methyl sites for hydroxylation is 1. The number of carbonyl (C=O) groups excluding carboxylic acids is 2. The molecule has 27 heavy (non-hydrogen) atoms. The van der Waals surface area contributed by atoms with Crippen LogP contribution in [0.5, 0.6) is 0 Å². The zero-order valence-corrected chi connectivity index (χ0v) is 17.1. The van der Waals surface area contributed by atoms with Gasteiger partial charge in [-0.2, -0.15) is 0 Å². The molecule has 1 aliphatic rings. The normalized spacial score (nSPS) is 16.2. The van der Waals surface area contributed by atoms with Gasteiger partial charge in [-0.25, -0.2) is 0 Å². The first-order valence-corrected chi connectivity index (χ1v) is 10.5. The molecular weight excluding hydrogens is 356 g/mol. The third-order valence-corrected chi connectivity index (χ3v) is 6.47. The number of rotatable bonds is 6. The number of nitrogens with two attached hydrogens (primary N) is 1. The van der Waals surface area contributed by atoms with Crippen molar-refractivity contribution in [1.29, 1.82) is 0 Å². The molecule has 1 aliphatic carbocycles. The number of thiophene rings is 1. The third-order valence-electron chi connectivity index (χ3n) is 5.30. The quantitative estimate of drug-likeness (QED) is 0.760. The molecule has 0 spiro atoms. The lowest BCUT2D eigenvalue weighted by Crippen LogP contribution is -2.19. The highest BCUT2D eigenvalue weighted by atomic mass is 32.1. The summed E-state index contributed by atoms with van der Waals surface area (Å²) in [6.07, 6.45) is 3.95. The Labute approximate surface area is 165 Å². The van der Waals surface area contributed by atoms with E-state index in [2.05, 4.69) is 50.4 Å². The SMILES string of the molecule is CC1CCc2c(sc(NC(=O)CCc3ccc(C(C)C)cc3)c2C(N)=O)C1. The lowest BCUT2D eigenvalue weighted by molar-refractivity contribution is -0.116. The van der Waals surface area contributed by atoms with Crippen LogP contribution in [-0.2, 0) is 24.1 Å². The maximum atomic E-state index is 12.5. The molecule has 4 nitrogen and oxygen atoms in total. The van der Waals surface area contributed by atoms with Crippen LogP contribution in [0.2, 0.25) is 0 Å². The second-order valence-corrected chi connectivity index (χ2v) is 8.97. The van der Waals surface area contributed by atoms with Crippen LogP contribution in [0.25, 0.3) is 0 Å². The van der Waals surface area contributed by atoms with Gasteiger partial charge in [0.05, 0.1) is 5.56 Å². The third kappa shape index (κ3) is 4.59. The van der Waals surface area contributed by atoms with E-state index < -0.39 is 5.91 Å². The van der Waals surface area contributed by atoms with Crippen molar-refractivity contribution < 1.29 is 9.59 Å². The Balaban J connectivity index is 1.66. The summed E-state index contributed by atoms with van der Waals surface area (Å²) >= 11 is 1.52. The predicted molar refractivity (Wildman–Crippen MR) is 112 cm³/mol. The molecular formula is C22H28N2O2S. The molecule has 1 aromatic carbocycles. The molecule has 1 aromatic heterocycles. The number of anilines is 1. The minimum Gasteiger partial charge on any atom is -0.365 e. The van der Waals surface area contributed by atoms with Crippen LogP contribution in [-0.4, -0.2) is 11.8 Å². The molecule has 3 rings (SSSR count). The van der Waals surface area contributed by atoms with Crippen LogP contribution in [0, 0.1) is 5.92 Å². The van der Waals surface area contributed by atoms with Gasteiger partial charge in [0.2, 0.25) is 5.91 Å². The van der Waals surface area contributed by atoms with Gasteiger partial charge in [0.25, 0.3) is 5.91 Å². The lowest BCUT2D eigenvalue weighted by atomic mass is 9.88. The Bertz CT molecular complexity index is 837. The number of carbonyl (C=O) groups is 2. The second-order valence-electron chi connectivity index (χ2n) is 7.86. The fourth-order valence-electron chi connectivity index (χ4n) is 3.62. The molecule has 2 amide bonds.